The molecule has 4 rings (SSSR count). The van der Waals surface area contributed by atoms with Gasteiger partial charge in [0.05, 0.1) is 25.9 Å². The number of allylic oxidation sites excluding steroid dienone is 2. The molecule has 2 aliphatic rings. The van der Waals surface area contributed by atoms with Crippen LogP contribution < -0.4 is 10.1 Å². The van der Waals surface area contributed by atoms with Crippen molar-refractivity contribution < 1.29 is 33.0 Å². The largest absolute Gasteiger partial charge is 0.497 e. The lowest BCUT2D eigenvalue weighted by Crippen LogP contribution is -2.38. The summed E-state index contributed by atoms with van der Waals surface area (Å²) in [6, 6.07) is 9.89. The average Bonchev–Trinajstić information content (AvgIpc) is 3.32. The van der Waals surface area contributed by atoms with Crippen LogP contribution in [0.2, 0.25) is 0 Å². The average molecular weight is 466 g/mol. The number of benzene rings is 1. The predicted molar refractivity (Wildman–Crippen MR) is 122 cm³/mol. The van der Waals surface area contributed by atoms with Crippen LogP contribution in [0.3, 0.4) is 0 Å². The molecule has 1 aromatic heterocycles. The summed E-state index contributed by atoms with van der Waals surface area (Å²) in [5.41, 5.74) is 0.385. The van der Waals surface area contributed by atoms with Crippen LogP contribution in [0, 0.1) is 5.41 Å². The molecule has 2 aromatic rings. The van der Waals surface area contributed by atoms with E-state index in [0.717, 1.165) is 0 Å². The van der Waals surface area contributed by atoms with Crippen molar-refractivity contribution >= 4 is 17.7 Å². The number of carbonyl (C=O) groups excluding carboxylic acids is 3. The third-order valence-electron chi connectivity index (χ3n) is 5.83. The third kappa shape index (κ3) is 4.48. The molecular weight excluding hydrogens is 438 g/mol. The highest BCUT2D eigenvalue weighted by atomic mass is 16.5. The van der Waals surface area contributed by atoms with Gasteiger partial charge in [-0.3, -0.25) is 14.9 Å². The van der Waals surface area contributed by atoms with Gasteiger partial charge in [0.25, 0.3) is 5.91 Å². The highest BCUT2D eigenvalue weighted by Gasteiger charge is 2.46. The van der Waals surface area contributed by atoms with Crippen LogP contribution in [0.15, 0.2) is 69.9 Å². The van der Waals surface area contributed by atoms with Gasteiger partial charge in [0.15, 0.2) is 5.78 Å². The fourth-order valence-electron chi connectivity index (χ4n) is 4.31. The summed E-state index contributed by atoms with van der Waals surface area (Å²) in [5.74, 6) is -0.815. The number of ether oxygens (including phenoxy) is 3. The maximum atomic E-state index is 13.2. The number of ketones is 1. The summed E-state index contributed by atoms with van der Waals surface area (Å²) in [6.45, 7) is 5.73. The van der Waals surface area contributed by atoms with Crippen molar-refractivity contribution in [3.05, 3.63) is 76.8 Å². The van der Waals surface area contributed by atoms with Crippen molar-refractivity contribution in [3.63, 3.8) is 0 Å². The fourth-order valence-corrected chi connectivity index (χ4v) is 4.31. The predicted octanol–water partition coefficient (Wildman–Crippen LogP) is 4.25. The molecule has 0 fully saturated rings. The van der Waals surface area contributed by atoms with Gasteiger partial charge in [-0.2, -0.15) is 0 Å². The summed E-state index contributed by atoms with van der Waals surface area (Å²) >= 11 is 0. The van der Waals surface area contributed by atoms with Crippen LogP contribution in [0.25, 0.3) is 0 Å². The summed E-state index contributed by atoms with van der Waals surface area (Å²) in [4.78, 5) is 39.4. The zero-order valence-electron chi connectivity index (χ0n) is 19.6. The quantitative estimate of drug-likeness (QED) is 0.636. The molecule has 34 heavy (non-hydrogen) atoms. The second kappa shape index (κ2) is 9.21. The van der Waals surface area contributed by atoms with Gasteiger partial charge in [-0.05, 0) is 48.7 Å². The number of furan rings is 1. The Bertz CT molecular complexity index is 1170. The molecule has 0 radical (unpaired) electrons. The minimum atomic E-state index is -0.854. The lowest BCUT2D eigenvalue weighted by molar-refractivity contribution is -0.139. The Morgan fingerprint density at radius 3 is 2.50 bits per heavy atom. The first-order valence-electron chi connectivity index (χ1n) is 11.1. The number of nitrogens with one attached hydrogen (secondary N) is 1. The van der Waals surface area contributed by atoms with Gasteiger partial charge in [-0.1, -0.05) is 13.8 Å². The number of methoxy groups -OCH3 is 1. The molecule has 1 amide bonds. The molecule has 8 nitrogen and oxygen atoms in total. The molecule has 178 valence electrons. The molecule has 0 saturated carbocycles. The number of Topliss-reactive ketones (excluding diaryl/α,β-unsaturated/α-hetero) is 1. The Morgan fingerprint density at radius 2 is 1.88 bits per heavy atom. The van der Waals surface area contributed by atoms with Crippen LogP contribution in [0.4, 0.5) is 0 Å². The van der Waals surface area contributed by atoms with E-state index >= 15 is 0 Å². The van der Waals surface area contributed by atoms with E-state index in [4.69, 9.17) is 18.6 Å². The van der Waals surface area contributed by atoms with Crippen molar-refractivity contribution in [2.24, 2.45) is 5.41 Å². The Morgan fingerprint density at radius 1 is 1.15 bits per heavy atom. The Hall–Kier alpha value is -3.81. The van der Waals surface area contributed by atoms with E-state index in [1.807, 2.05) is 13.8 Å². The van der Waals surface area contributed by atoms with Crippen molar-refractivity contribution in [1.29, 1.82) is 0 Å². The molecular formula is C26H27NO7. The number of hydrogen-bond donors (Lipinski definition) is 1. The van der Waals surface area contributed by atoms with Gasteiger partial charge in [-0.25, -0.2) is 4.79 Å². The van der Waals surface area contributed by atoms with Crippen LogP contribution >= 0.6 is 0 Å². The first-order chi connectivity index (χ1) is 16.2. The van der Waals surface area contributed by atoms with Crippen molar-refractivity contribution in [2.75, 3.05) is 13.7 Å². The lowest BCUT2D eigenvalue weighted by Gasteiger charge is -2.37. The first kappa shape index (κ1) is 23.4. The van der Waals surface area contributed by atoms with E-state index in [-0.39, 0.29) is 29.3 Å². The van der Waals surface area contributed by atoms with Gasteiger partial charge in [0.2, 0.25) is 5.88 Å². The molecule has 1 aromatic carbocycles. The molecule has 1 aliphatic heterocycles. The molecule has 8 heteroatoms. The van der Waals surface area contributed by atoms with Gasteiger partial charge in [0.1, 0.15) is 22.8 Å². The molecule has 1 unspecified atom stereocenters. The molecule has 1 N–H and O–H groups in total. The standard InChI is InChI=1S/C26H27NO7/c1-5-32-25(30)22-21(18-7-6-12-33-18)20-17(28)13-26(2,3)14-19(20)34-24(22)27-23(29)15-8-10-16(31-4)11-9-15/h6-12,21H,5,13-14H2,1-4H3,(H,27,29). The highest BCUT2D eigenvalue weighted by Crippen LogP contribution is 2.48. The van der Waals surface area contributed by atoms with E-state index in [2.05, 4.69) is 5.32 Å². The van der Waals surface area contributed by atoms with Crippen LogP contribution in [-0.4, -0.2) is 31.4 Å². The second-order valence-corrected chi connectivity index (χ2v) is 8.97. The van der Waals surface area contributed by atoms with Crippen LogP contribution in [0.5, 0.6) is 5.75 Å². The minimum absolute atomic E-state index is 0.0190. The van der Waals surface area contributed by atoms with Gasteiger partial charge in [-0.15, -0.1) is 0 Å². The Kier molecular flexibility index (Phi) is 6.32. The van der Waals surface area contributed by atoms with Crippen LogP contribution in [-0.2, 0) is 19.1 Å². The van der Waals surface area contributed by atoms with Crippen LogP contribution in [0.1, 0.15) is 55.6 Å². The fraction of sp³-hybridized carbons (Fsp3) is 0.346. The monoisotopic (exact) mass is 465 g/mol. The first-order valence-corrected chi connectivity index (χ1v) is 11.1. The zero-order valence-corrected chi connectivity index (χ0v) is 19.6. The molecule has 0 spiro atoms. The van der Waals surface area contributed by atoms with Gasteiger partial charge in [0, 0.05) is 24.0 Å². The number of carbonyl (C=O) groups is 3. The molecule has 0 saturated heterocycles. The summed E-state index contributed by atoms with van der Waals surface area (Å²) < 4.78 is 22.2. The summed E-state index contributed by atoms with van der Waals surface area (Å²) in [7, 11) is 1.54. The molecule has 2 heterocycles. The topological polar surface area (TPSA) is 104 Å². The van der Waals surface area contributed by atoms with Crippen molar-refractivity contribution in [1.82, 2.24) is 5.32 Å². The van der Waals surface area contributed by atoms with E-state index < -0.39 is 17.8 Å². The molecule has 1 atom stereocenters. The normalized spacial score (nSPS) is 19.3. The molecule has 1 aliphatic carbocycles. The van der Waals surface area contributed by atoms with Gasteiger partial charge >= 0.3 is 5.97 Å². The maximum absolute atomic E-state index is 13.2. The van der Waals surface area contributed by atoms with E-state index in [0.29, 0.717) is 41.2 Å². The third-order valence-corrected chi connectivity index (χ3v) is 5.83. The van der Waals surface area contributed by atoms with Crippen molar-refractivity contribution in [2.45, 2.75) is 39.5 Å². The Labute approximate surface area is 197 Å². The van der Waals surface area contributed by atoms with E-state index in [1.54, 1.807) is 43.3 Å². The summed E-state index contributed by atoms with van der Waals surface area (Å²) in [5, 5.41) is 2.72. The highest BCUT2D eigenvalue weighted by molar-refractivity contribution is 6.04. The molecule has 0 bridgehead atoms. The minimum Gasteiger partial charge on any atom is -0.497 e. The smallest absolute Gasteiger partial charge is 0.340 e. The van der Waals surface area contributed by atoms with E-state index in [9.17, 15) is 14.4 Å². The summed E-state index contributed by atoms with van der Waals surface area (Å²) in [6.07, 6.45) is 2.24. The maximum Gasteiger partial charge on any atom is 0.340 e. The number of amides is 1. The number of hydrogen-bond acceptors (Lipinski definition) is 7. The zero-order chi connectivity index (χ0) is 24.5. The SMILES string of the molecule is CCOC(=O)C1=C(NC(=O)c2ccc(OC)cc2)OC2=C(C(=O)CC(C)(C)C2)C1c1ccco1. The number of esters is 1. The van der Waals surface area contributed by atoms with Gasteiger partial charge < -0.3 is 18.6 Å². The van der Waals surface area contributed by atoms with Crippen molar-refractivity contribution in [3.8, 4) is 5.75 Å². The Balaban J connectivity index is 1.81. The van der Waals surface area contributed by atoms with E-state index in [1.165, 1.54) is 13.4 Å². The number of rotatable bonds is 6. The second-order valence-electron chi connectivity index (χ2n) is 8.97. The lowest BCUT2D eigenvalue weighted by atomic mass is 9.71.